The highest BCUT2D eigenvalue weighted by molar-refractivity contribution is 6.99. The van der Waals surface area contributed by atoms with Crippen LogP contribution in [-0.4, -0.2) is 50.8 Å². The monoisotopic (exact) mass is 534 g/mol. The molecule has 2 saturated heterocycles. The van der Waals surface area contributed by atoms with Gasteiger partial charge in [-0.2, -0.15) is 0 Å². The summed E-state index contributed by atoms with van der Waals surface area (Å²) in [6, 6.07) is 20.9. The first-order valence-corrected chi connectivity index (χ1v) is 15.4. The van der Waals surface area contributed by atoms with Crippen molar-refractivity contribution in [1.29, 1.82) is 0 Å². The number of rotatable bonds is 6. The highest BCUT2D eigenvalue weighted by Gasteiger charge is 2.66. The first kappa shape index (κ1) is 27.1. The lowest BCUT2D eigenvalue weighted by molar-refractivity contribution is -0.230. The topological polar surface area (TPSA) is 63.2 Å². The summed E-state index contributed by atoms with van der Waals surface area (Å²) in [7, 11) is -2.87. The Labute approximate surface area is 227 Å². The minimum absolute atomic E-state index is 0.167. The molecule has 0 unspecified atom stereocenters. The third kappa shape index (κ3) is 4.96. The number of carbonyl (C=O) groups excluding carboxylic acids is 1. The molecular weight excluding hydrogens is 496 g/mol. The molecule has 38 heavy (non-hydrogen) atoms. The van der Waals surface area contributed by atoms with Gasteiger partial charge in [0, 0.05) is 12.8 Å². The van der Waals surface area contributed by atoms with Crippen LogP contribution in [0.3, 0.4) is 0 Å². The van der Waals surface area contributed by atoms with E-state index in [-0.39, 0.29) is 11.6 Å². The van der Waals surface area contributed by atoms with E-state index in [9.17, 15) is 4.79 Å². The molecule has 0 aromatic heterocycles. The van der Waals surface area contributed by atoms with Gasteiger partial charge < -0.3 is 23.4 Å². The van der Waals surface area contributed by atoms with Crippen molar-refractivity contribution in [2.24, 2.45) is 5.92 Å². The molecule has 7 heteroatoms. The Kier molecular flexibility index (Phi) is 7.08. The second-order valence-electron chi connectivity index (χ2n) is 12.0. The predicted molar refractivity (Wildman–Crippen MR) is 147 cm³/mol. The average Bonchev–Trinajstić information content (AvgIpc) is 3.58. The fraction of sp³-hybridized carbons (Fsp3) is 0.516. The summed E-state index contributed by atoms with van der Waals surface area (Å²) in [4.78, 5) is 12.5. The largest absolute Gasteiger partial charge is 0.440 e. The lowest BCUT2D eigenvalue weighted by Crippen LogP contribution is -2.67. The number of fused-ring (bicyclic) bond motifs is 1. The molecule has 5 rings (SSSR count). The lowest BCUT2D eigenvalue weighted by atomic mass is 9.92. The van der Waals surface area contributed by atoms with Crippen LogP contribution in [0.25, 0.3) is 0 Å². The molecule has 2 heterocycles. The van der Waals surface area contributed by atoms with Crippen LogP contribution in [0.5, 0.6) is 0 Å². The van der Waals surface area contributed by atoms with Gasteiger partial charge in [-0.1, -0.05) is 87.4 Å². The lowest BCUT2D eigenvalue weighted by Gasteiger charge is -2.44. The molecule has 0 N–H and O–H groups in total. The summed E-state index contributed by atoms with van der Waals surface area (Å²) in [6.45, 7) is 11.9. The van der Waals surface area contributed by atoms with Gasteiger partial charge in [0.25, 0.3) is 8.32 Å². The van der Waals surface area contributed by atoms with Crippen LogP contribution in [0.1, 0.15) is 54.4 Å². The van der Waals surface area contributed by atoms with Crippen molar-refractivity contribution in [3.8, 4) is 11.8 Å². The van der Waals surface area contributed by atoms with Crippen molar-refractivity contribution in [3.63, 3.8) is 0 Å². The third-order valence-electron chi connectivity index (χ3n) is 7.49. The predicted octanol–water partition coefficient (Wildman–Crippen LogP) is 4.15. The van der Waals surface area contributed by atoms with Crippen molar-refractivity contribution >= 4 is 24.7 Å². The second kappa shape index (κ2) is 9.93. The molecule has 0 amide bonds. The summed E-state index contributed by atoms with van der Waals surface area (Å²) in [6.07, 6.45) is 0.00498. The Balaban J connectivity index is 1.57. The molecule has 2 aromatic rings. The summed E-state index contributed by atoms with van der Waals surface area (Å²) < 4.78 is 32.0. The summed E-state index contributed by atoms with van der Waals surface area (Å²) in [5, 5.41) is 2.10. The van der Waals surface area contributed by atoms with E-state index in [0.29, 0.717) is 5.92 Å². The Morgan fingerprint density at radius 3 is 2.08 bits per heavy atom. The van der Waals surface area contributed by atoms with Gasteiger partial charge in [0.05, 0.1) is 6.61 Å². The van der Waals surface area contributed by atoms with Crippen molar-refractivity contribution in [3.05, 3.63) is 60.7 Å². The maximum atomic E-state index is 12.5. The normalized spacial score (nSPS) is 28.3. The Hall–Kier alpha value is -2.47. The van der Waals surface area contributed by atoms with Gasteiger partial charge in [0.1, 0.15) is 6.10 Å². The Morgan fingerprint density at radius 2 is 1.58 bits per heavy atom. The molecule has 0 bridgehead atoms. The van der Waals surface area contributed by atoms with Gasteiger partial charge >= 0.3 is 5.97 Å². The first-order valence-electron chi connectivity index (χ1n) is 13.5. The van der Waals surface area contributed by atoms with Crippen LogP contribution in [0.2, 0.25) is 5.04 Å². The molecule has 1 aliphatic carbocycles. The van der Waals surface area contributed by atoms with Crippen molar-refractivity contribution < 1.29 is 28.2 Å². The van der Waals surface area contributed by atoms with E-state index in [1.54, 1.807) is 0 Å². The number of hydrogen-bond acceptors (Lipinski definition) is 6. The summed E-state index contributed by atoms with van der Waals surface area (Å²) >= 11 is 0. The smallest absolute Gasteiger partial charge is 0.304 e. The number of esters is 1. The van der Waals surface area contributed by atoms with Crippen LogP contribution in [0.15, 0.2) is 60.7 Å². The number of carbonyl (C=O) groups is 1. The zero-order valence-electron chi connectivity index (χ0n) is 23.2. The summed E-state index contributed by atoms with van der Waals surface area (Å²) in [5.41, 5.74) is -1.34. The third-order valence-corrected chi connectivity index (χ3v) is 12.5. The maximum Gasteiger partial charge on any atom is 0.304 e. The molecule has 202 valence electrons. The summed E-state index contributed by atoms with van der Waals surface area (Å²) in [5.74, 6) is 5.61. The average molecular weight is 535 g/mol. The van der Waals surface area contributed by atoms with Crippen molar-refractivity contribution in [2.75, 3.05) is 6.61 Å². The molecule has 6 nitrogen and oxygen atoms in total. The van der Waals surface area contributed by atoms with Gasteiger partial charge in [-0.3, -0.25) is 4.79 Å². The molecule has 0 spiro atoms. The van der Waals surface area contributed by atoms with Crippen molar-refractivity contribution in [1.82, 2.24) is 0 Å². The van der Waals surface area contributed by atoms with E-state index in [1.165, 1.54) is 6.92 Å². The molecule has 2 aromatic carbocycles. The minimum atomic E-state index is -2.87. The molecule has 2 aliphatic heterocycles. The van der Waals surface area contributed by atoms with Gasteiger partial charge in [-0.05, 0) is 48.0 Å². The Morgan fingerprint density at radius 1 is 1.00 bits per heavy atom. The van der Waals surface area contributed by atoms with Crippen LogP contribution >= 0.6 is 0 Å². The fourth-order valence-corrected chi connectivity index (χ4v) is 10.2. The van der Waals surface area contributed by atoms with Crippen LogP contribution < -0.4 is 10.4 Å². The van der Waals surface area contributed by atoms with Crippen LogP contribution in [0, 0.1) is 17.8 Å². The SMILES string of the molecule is CC(=O)O[C@]1(C#CC2CC2)[C@@H](CO[Si](c2ccccc2)(c2ccccc2)C(C)(C)C)O[C@@H]2OC(C)(C)O[C@@H]21. The molecule has 4 atom stereocenters. The first-order chi connectivity index (χ1) is 18.0. The van der Waals surface area contributed by atoms with E-state index in [4.69, 9.17) is 23.4 Å². The molecule has 3 fully saturated rings. The van der Waals surface area contributed by atoms with Crippen molar-refractivity contribution in [2.45, 2.75) is 89.3 Å². The Bertz CT molecular complexity index is 1170. The molecular formula is C31H38O6Si. The van der Waals surface area contributed by atoms with Crippen LogP contribution in [0.4, 0.5) is 0 Å². The minimum Gasteiger partial charge on any atom is -0.440 e. The second-order valence-corrected chi connectivity index (χ2v) is 16.3. The number of benzene rings is 2. The van der Waals surface area contributed by atoms with E-state index < -0.39 is 44.2 Å². The number of ether oxygens (including phenoxy) is 4. The van der Waals surface area contributed by atoms with Crippen LogP contribution in [-0.2, 0) is 28.2 Å². The molecule has 3 aliphatic rings. The quantitative estimate of drug-likeness (QED) is 0.315. The highest BCUT2D eigenvalue weighted by Crippen LogP contribution is 2.46. The molecule has 0 radical (unpaired) electrons. The van der Waals surface area contributed by atoms with Gasteiger partial charge in [-0.15, -0.1) is 0 Å². The van der Waals surface area contributed by atoms with E-state index in [2.05, 4.69) is 81.1 Å². The standard InChI is InChI=1S/C31H38O6Si/c1-22(32)35-31(20-19-23-17-18-23)26(34-28-27(31)36-30(5,6)37-28)21-33-38(29(2,3)4,24-13-9-7-10-14-24)25-15-11-8-12-16-25/h7-16,23,26-28H,17-18,21H2,1-6H3/t26-,27+,28-,31-/m1/s1. The van der Waals surface area contributed by atoms with Gasteiger partial charge in [-0.25, -0.2) is 0 Å². The zero-order valence-corrected chi connectivity index (χ0v) is 24.2. The zero-order chi connectivity index (χ0) is 27.2. The fourth-order valence-electron chi connectivity index (χ4n) is 5.67. The maximum absolute atomic E-state index is 12.5. The van der Waals surface area contributed by atoms with E-state index >= 15 is 0 Å². The molecule has 1 saturated carbocycles. The van der Waals surface area contributed by atoms with E-state index in [0.717, 1.165) is 23.2 Å². The highest BCUT2D eigenvalue weighted by atomic mass is 28.4. The van der Waals surface area contributed by atoms with E-state index in [1.807, 2.05) is 26.0 Å². The number of hydrogen-bond donors (Lipinski definition) is 0. The van der Waals surface area contributed by atoms with Gasteiger partial charge in [0.2, 0.25) is 5.60 Å². The van der Waals surface area contributed by atoms with Gasteiger partial charge in [0.15, 0.2) is 18.2 Å².